The van der Waals surface area contributed by atoms with Gasteiger partial charge in [-0.15, -0.1) is 0 Å². The van der Waals surface area contributed by atoms with Gasteiger partial charge in [0.2, 0.25) is 11.8 Å². The van der Waals surface area contributed by atoms with Crippen molar-refractivity contribution in [3.63, 3.8) is 0 Å². The minimum absolute atomic E-state index is 0.162. The number of aryl methyl sites for hydroxylation is 1. The van der Waals surface area contributed by atoms with E-state index in [0.29, 0.717) is 19.5 Å². The summed E-state index contributed by atoms with van der Waals surface area (Å²) in [6.07, 6.45) is 2.43. The Labute approximate surface area is 137 Å². The van der Waals surface area contributed by atoms with Crippen molar-refractivity contribution in [2.24, 2.45) is 0 Å². The number of hydrogen-bond donors (Lipinski definition) is 1. The summed E-state index contributed by atoms with van der Waals surface area (Å²) in [5, 5.41) is 3.10. The van der Waals surface area contributed by atoms with Crippen molar-refractivity contribution in [2.75, 3.05) is 32.7 Å². The molecule has 5 heteroatoms. The van der Waals surface area contributed by atoms with Crippen LogP contribution in [0.5, 0.6) is 0 Å². The number of amides is 2. The first kappa shape index (κ1) is 16.0. The average molecular weight is 315 g/mol. The molecule has 1 unspecified atom stereocenters. The zero-order valence-electron chi connectivity index (χ0n) is 13.8. The van der Waals surface area contributed by atoms with Crippen molar-refractivity contribution in [3.8, 4) is 0 Å². The molecule has 0 radical (unpaired) electrons. The summed E-state index contributed by atoms with van der Waals surface area (Å²) in [4.78, 5) is 28.6. The molecule has 2 aliphatic heterocycles. The lowest BCUT2D eigenvalue weighted by atomic mass is 10.0. The molecular formula is C18H25N3O2. The second-order valence-corrected chi connectivity index (χ2v) is 6.50. The first-order valence-corrected chi connectivity index (χ1v) is 8.47. The number of nitrogens with zero attached hydrogens (tertiary/aromatic N) is 2. The molecule has 2 fully saturated rings. The van der Waals surface area contributed by atoms with Crippen LogP contribution in [0.25, 0.3) is 0 Å². The van der Waals surface area contributed by atoms with Gasteiger partial charge in [0.1, 0.15) is 0 Å². The fraction of sp³-hybridized carbons (Fsp3) is 0.556. The molecule has 0 bridgehead atoms. The molecule has 0 aromatic heterocycles. The summed E-state index contributed by atoms with van der Waals surface area (Å²) in [6.45, 7) is 5.55. The quantitative estimate of drug-likeness (QED) is 0.904. The summed E-state index contributed by atoms with van der Waals surface area (Å²) in [6, 6.07) is 8.22. The molecule has 0 saturated carbocycles. The maximum Gasteiger partial charge on any atom is 0.236 e. The molecule has 1 aromatic carbocycles. The molecule has 0 aliphatic carbocycles. The highest BCUT2D eigenvalue weighted by Crippen LogP contribution is 2.18. The van der Waals surface area contributed by atoms with E-state index in [0.717, 1.165) is 43.6 Å². The van der Waals surface area contributed by atoms with Gasteiger partial charge in [-0.25, -0.2) is 0 Å². The molecule has 2 heterocycles. The van der Waals surface area contributed by atoms with E-state index in [4.69, 9.17) is 0 Å². The Bertz CT molecular complexity index is 587. The highest BCUT2D eigenvalue weighted by Gasteiger charge is 2.31. The highest BCUT2D eigenvalue weighted by atomic mass is 16.2. The number of piperidine rings is 1. The molecule has 3 rings (SSSR count). The Morgan fingerprint density at radius 2 is 2.13 bits per heavy atom. The molecule has 2 aliphatic rings. The van der Waals surface area contributed by atoms with Gasteiger partial charge in [-0.1, -0.05) is 24.3 Å². The maximum atomic E-state index is 12.6. The maximum absolute atomic E-state index is 12.6. The van der Waals surface area contributed by atoms with Crippen LogP contribution in [0.2, 0.25) is 0 Å². The summed E-state index contributed by atoms with van der Waals surface area (Å²) in [7, 11) is 0. The van der Waals surface area contributed by atoms with E-state index in [9.17, 15) is 9.59 Å². The summed E-state index contributed by atoms with van der Waals surface area (Å²) in [5.74, 6) is 0.334. The van der Waals surface area contributed by atoms with E-state index in [1.807, 2.05) is 41.0 Å². The van der Waals surface area contributed by atoms with Gasteiger partial charge in [0, 0.05) is 32.2 Å². The minimum atomic E-state index is 0.162. The summed E-state index contributed by atoms with van der Waals surface area (Å²) in [5.41, 5.74) is 2.25. The van der Waals surface area contributed by atoms with Gasteiger partial charge in [-0.2, -0.15) is 0 Å². The summed E-state index contributed by atoms with van der Waals surface area (Å²) < 4.78 is 0. The molecule has 2 saturated heterocycles. The second-order valence-electron chi connectivity index (χ2n) is 6.50. The number of piperazine rings is 1. The van der Waals surface area contributed by atoms with Crippen LogP contribution in [0, 0.1) is 6.92 Å². The van der Waals surface area contributed by atoms with E-state index >= 15 is 0 Å². The SMILES string of the molecule is Cc1ccccc1CC(=O)N1CCCC(N2CCNCC2=O)C1. The van der Waals surface area contributed by atoms with Gasteiger partial charge in [0.25, 0.3) is 0 Å². The van der Waals surface area contributed by atoms with Crippen LogP contribution in [0.1, 0.15) is 24.0 Å². The Morgan fingerprint density at radius 1 is 1.30 bits per heavy atom. The molecule has 23 heavy (non-hydrogen) atoms. The fourth-order valence-corrected chi connectivity index (χ4v) is 3.53. The van der Waals surface area contributed by atoms with Crippen molar-refractivity contribution in [1.29, 1.82) is 0 Å². The summed E-state index contributed by atoms with van der Waals surface area (Å²) >= 11 is 0. The van der Waals surface area contributed by atoms with Crippen LogP contribution in [0.4, 0.5) is 0 Å². The van der Waals surface area contributed by atoms with Crippen LogP contribution in [0.3, 0.4) is 0 Å². The van der Waals surface area contributed by atoms with E-state index in [-0.39, 0.29) is 17.9 Å². The predicted molar refractivity (Wildman–Crippen MR) is 89.1 cm³/mol. The van der Waals surface area contributed by atoms with Gasteiger partial charge in [0.15, 0.2) is 0 Å². The fourth-order valence-electron chi connectivity index (χ4n) is 3.53. The molecule has 124 valence electrons. The Balaban J connectivity index is 1.62. The molecular weight excluding hydrogens is 290 g/mol. The van der Waals surface area contributed by atoms with Crippen LogP contribution in [-0.4, -0.2) is 60.4 Å². The van der Waals surface area contributed by atoms with E-state index < -0.39 is 0 Å². The van der Waals surface area contributed by atoms with E-state index in [1.165, 1.54) is 0 Å². The lowest BCUT2D eigenvalue weighted by Gasteiger charge is -2.41. The number of carbonyl (C=O) groups excluding carboxylic acids is 2. The van der Waals surface area contributed by atoms with Gasteiger partial charge in [-0.05, 0) is 30.9 Å². The van der Waals surface area contributed by atoms with Crippen molar-refractivity contribution < 1.29 is 9.59 Å². The average Bonchev–Trinajstić information content (AvgIpc) is 2.57. The molecule has 2 amide bonds. The van der Waals surface area contributed by atoms with Crippen LogP contribution >= 0.6 is 0 Å². The highest BCUT2D eigenvalue weighted by molar-refractivity contribution is 5.80. The minimum Gasteiger partial charge on any atom is -0.340 e. The number of carbonyl (C=O) groups is 2. The van der Waals surface area contributed by atoms with Gasteiger partial charge in [-0.3, -0.25) is 9.59 Å². The number of rotatable bonds is 3. The lowest BCUT2D eigenvalue weighted by molar-refractivity contribution is -0.140. The van der Waals surface area contributed by atoms with Gasteiger partial charge in [0.05, 0.1) is 13.0 Å². The third-order valence-electron chi connectivity index (χ3n) is 4.92. The van der Waals surface area contributed by atoms with Crippen molar-refractivity contribution in [2.45, 2.75) is 32.2 Å². The monoisotopic (exact) mass is 315 g/mol. The number of hydrogen-bond acceptors (Lipinski definition) is 3. The third kappa shape index (κ3) is 3.72. The van der Waals surface area contributed by atoms with Crippen molar-refractivity contribution in [1.82, 2.24) is 15.1 Å². The molecule has 0 spiro atoms. The third-order valence-corrected chi connectivity index (χ3v) is 4.92. The van der Waals surface area contributed by atoms with Crippen LogP contribution in [-0.2, 0) is 16.0 Å². The lowest BCUT2D eigenvalue weighted by Crippen LogP contribution is -2.57. The van der Waals surface area contributed by atoms with Crippen LogP contribution < -0.4 is 5.32 Å². The normalized spacial score (nSPS) is 22.3. The zero-order chi connectivity index (χ0) is 16.2. The number of nitrogens with one attached hydrogen (secondary N) is 1. The smallest absolute Gasteiger partial charge is 0.236 e. The standard InChI is InChI=1S/C18H25N3O2/c1-14-5-2-3-6-15(14)11-17(22)20-9-4-7-16(13-20)21-10-8-19-12-18(21)23/h2-3,5-6,16,19H,4,7-13H2,1H3. The number of likely N-dealkylation sites (tertiary alicyclic amines) is 1. The van der Waals surface area contributed by atoms with E-state index in [2.05, 4.69) is 5.32 Å². The Morgan fingerprint density at radius 3 is 2.91 bits per heavy atom. The van der Waals surface area contributed by atoms with Crippen molar-refractivity contribution in [3.05, 3.63) is 35.4 Å². The first-order chi connectivity index (χ1) is 11.1. The second kappa shape index (κ2) is 7.13. The predicted octanol–water partition coefficient (Wildman–Crippen LogP) is 0.960. The van der Waals surface area contributed by atoms with Crippen molar-refractivity contribution >= 4 is 11.8 Å². The largest absolute Gasteiger partial charge is 0.340 e. The van der Waals surface area contributed by atoms with E-state index in [1.54, 1.807) is 0 Å². The van der Waals surface area contributed by atoms with Gasteiger partial charge < -0.3 is 15.1 Å². The van der Waals surface area contributed by atoms with Gasteiger partial charge >= 0.3 is 0 Å². The molecule has 1 N–H and O–H groups in total. The molecule has 5 nitrogen and oxygen atoms in total. The van der Waals surface area contributed by atoms with Crippen LogP contribution in [0.15, 0.2) is 24.3 Å². The number of benzene rings is 1. The first-order valence-electron chi connectivity index (χ1n) is 8.47. The molecule has 1 aromatic rings. The topological polar surface area (TPSA) is 52.7 Å². The zero-order valence-corrected chi connectivity index (χ0v) is 13.8. The Hall–Kier alpha value is -1.88. The Kier molecular flexibility index (Phi) is 4.96. The molecule has 1 atom stereocenters.